The summed E-state index contributed by atoms with van der Waals surface area (Å²) < 4.78 is 0. The maximum Gasteiger partial charge on any atom is 0.269 e. The minimum atomic E-state index is -0.550. The number of carbonyl (C=O) groups excluding carboxylic acids is 1. The van der Waals surface area contributed by atoms with Crippen molar-refractivity contribution in [3.8, 4) is 0 Å². The van der Waals surface area contributed by atoms with Crippen LogP contribution in [0.1, 0.15) is 23.8 Å². The summed E-state index contributed by atoms with van der Waals surface area (Å²) in [5.41, 5.74) is -0.145. The molecule has 0 aliphatic carbocycles. The zero-order valence-corrected chi connectivity index (χ0v) is 9.90. The summed E-state index contributed by atoms with van der Waals surface area (Å²) in [6.45, 7) is 1.93. The van der Waals surface area contributed by atoms with E-state index in [4.69, 9.17) is 23.2 Å². The third-order valence-electron chi connectivity index (χ3n) is 2.31. The maximum absolute atomic E-state index is 11.7. The highest BCUT2D eigenvalue weighted by molar-refractivity contribution is 6.22. The van der Waals surface area contributed by atoms with Gasteiger partial charge < -0.3 is 5.32 Å². The molecule has 15 heavy (non-hydrogen) atoms. The van der Waals surface area contributed by atoms with Gasteiger partial charge in [0.2, 0.25) is 0 Å². The lowest BCUT2D eigenvalue weighted by Crippen LogP contribution is -2.51. The SMILES string of the molecule is CCC(CCl)(CCl)NC(=O)c1ccn[nH]1. The molecule has 0 saturated carbocycles. The van der Waals surface area contributed by atoms with E-state index in [1.807, 2.05) is 6.92 Å². The number of carbonyl (C=O) groups is 1. The number of aromatic nitrogens is 2. The first-order valence-electron chi connectivity index (χ1n) is 4.61. The van der Waals surface area contributed by atoms with Crippen molar-refractivity contribution in [1.29, 1.82) is 0 Å². The Bertz CT molecular complexity index is 301. The fourth-order valence-electron chi connectivity index (χ4n) is 1.07. The summed E-state index contributed by atoms with van der Waals surface area (Å²) in [5, 5.41) is 9.09. The molecule has 0 atom stereocenters. The fraction of sp³-hybridized carbons (Fsp3) is 0.556. The van der Waals surface area contributed by atoms with Crippen molar-refractivity contribution < 1.29 is 4.79 Å². The van der Waals surface area contributed by atoms with Crippen LogP contribution in [0, 0.1) is 0 Å². The van der Waals surface area contributed by atoms with Crippen LogP contribution in [0.25, 0.3) is 0 Å². The number of H-pyrrole nitrogens is 1. The van der Waals surface area contributed by atoms with E-state index in [9.17, 15) is 4.79 Å². The molecular formula is C9H13Cl2N3O. The molecule has 0 aromatic carbocycles. The monoisotopic (exact) mass is 249 g/mol. The lowest BCUT2D eigenvalue weighted by molar-refractivity contribution is 0.0908. The highest BCUT2D eigenvalue weighted by Crippen LogP contribution is 2.15. The Balaban J connectivity index is 2.71. The van der Waals surface area contributed by atoms with Crippen molar-refractivity contribution in [2.45, 2.75) is 18.9 Å². The summed E-state index contributed by atoms with van der Waals surface area (Å²) in [6, 6.07) is 1.60. The van der Waals surface area contributed by atoms with Gasteiger partial charge in [0.25, 0.3) is 5.91 Å². The summed E-state index contributed by atoms with van der Waals surface area (Å²) >= 11 is 11.6. The molecule has 0 fully saturated rings. The molecule has 0 aliphatic rings. The van der Waals surface area contributed by atoms with E-state index in [1.54, 1.807) is 6.07 Å². The summed E-state index contributed by atoms with van der Waals surface area (Å²) in [7, 11) is 0. The van der Waals surface area contributed by atoms with Gasteiger partial charge in [-0.3, -0.25) is 9.89 Å². The smallest absolute Gasteiger partial charge is 0.269 e. The van der Waals surface area contributed by atoms with Crippen molar-refractivity contribution in [2.75, 3.05) is 11.8 Å². The average Bonchev–Trinajstić information content (AvgIpc) is 2.79. The lowest BCUT2D eigenvalue weighted by Gasteiger charge is -2.29. The standard InChI is InChI=1S/C9H13Cl2N3O/c1-2-9(5-10,6-11)13-8(15)7-3-4-12-14-7/h3-4H,2,5-6H2,1H3,(H,12,14)(H,13,15). The molecular weight excluding hydrogens is 237 g/mol. The molecule has 1 rings (SSSR count). The second kappa shape index (κ2) is 5.37. The highest BCUT2D eigenvalue weighted by Gasteiger charge is 2.28. The van der Waals surface area contributed by atoms with E-state index in [0.717, 1.165) is 0 Å². The van der Waals surface area contributed by atoms with E-state index >= 15 is 0 Å². The van der Waals surface area contributed by atoms with Crippen LogP contribution in [0.15, 0.2) is 12.3 Å². The van der Waals surface area contributed by atoms with Gasteiger partial charge in [-0.25, -0.2) is 0 Å². The number of nitrogens with one attached hydrogen (secondary N) is 2. The molecule has 4 nitrogen and oxygen atoms in total. The summed E-state index contributed by atoms with van der Waals surface area (Å²) in [5.74, 6) is 0.329. The fourth-order valence-corrected chi connectivity index (χ4v) is 1.87. The van der Waals surface area contributed by atoms with Crippen LogP contribution >= 0.6 is 23.2 Å². The van der Waals surface area contributed by atoms with Gasteiger partial charge >= 0.3 is 0 Å². The second-order valence-electron chi connectivity index (χ2n) is 3.33. The van der Waals surface area contributed by atoms with Gasteiger partial charge in [-0.1, -0.05) is 6.92 Å². The summed E-state index contributed by atoms with van der Waals surface area (Å²) in [6.07, 6.45) is 2.20. The molecule has 0 radical (unpaired) electrons. The molecule has 0 aliphatic heterocycles. The van der Waals surface area contributed by atoms with Crippen LogP contribution in [-0.2, 0) is 0 Å². The minimum Gasteiger partial charge on any atom is -0.343 e. The van der Waals surface area contributed by atoms with Crippen LogP contribution in [0.4, 0.5) is 0 Å². The van der Waals surface area contributed by atoms with Crippen molar-refractivity contribution in [1.82, 2.24) is 15.5 Å². The van der Waals surface area contributed by atoms with Crippen molar-refractivity contribution in [3.63, 3.8) is 0 Å². The van der Waals surface area contributed by atoms with Crippen molar-refractivity contribution in [2.24, 2.45) is 0 Å². The van der Waals surface area contributed by atoms with Crippen LogP contribution < -0.4 is 5.32 Å². The first-order valence-corrected chi connectivity index (χ1v) is 5.68. The Kier molecular flexibility index (Phi) is 4.42. The number of halogens is 2. The van der Waals surface area contributed by atoms with Crippen LogP contribution in [-0.4, -0.2) is 33.4 Å². The largest absolute Gasteiger partial charge is 0.343 e. The van der Waals surface area contributed by atoms with Crippen LogP contribution in [0.3, 0.4) is 0 Å². The first kappa shape index (κ1) is 12.3. The number of rotatable bonds is 5. The Morgan fingerprint density at radius 1 is 1.60 bits per heavy atom. The normalized spacial score (nSPS) is 11.4. The van der Waals surface area contributed by atoms with E-state index in [-0.39, 0.29) is 17.7 Å². The number of alkyl halides is 2. The van der Waals surface area contributed by atoms with E-state index in [2.05, 4.69) is 15.5 Å². The number of aromatic amines is 1. The molecule has 1 aromatic heterocycles. The van der Waals surface area contributed by atoms with E-state index in [0.29, 0.717) is 12.1 Å². The molecule has 0 unspecified atom stereocenters. The Morgan fingerprint density at radius 2 is 2.27 bits per heavy atom. The van der Waals surface area contributed by atoms with Crippen molar-refractivity contribution >= 4 is 29.1 Å². The van der Waals surface area contributed by atoms with Gasteiger partial charge in [-0.15, -0.1) is 23.2 Å². The lowest BCUT2D eigenvalue weighted by atomic mass is 10.0. The Morgan fingerprint density at radius 3 is 2.67 bits per heavy atom. The Labute approximate surface area is 98.3 Å². The van der Waals surface area contributed by atoms with Gasteiger partial charge in [-0.05, 0) is 12.5 Å². The maximum atomic E-state index is 11.7. The van der Waals surface area contributed by atoms with Crippen LogP contribution in [0.2, 0.25) is 0 Å². The number of hydrogen-bond acceptors (Lipinski definition) is 2. The average molecular weight is 250 g/mol. The molecule has 6 heteroatoms. The molecule has 0 saturated heterocycles. The number of hydrogen-bond donors (Lipinski definition) is 2. The van der Waals surface area contributed by atoms with E-state index < -0.39 is 5.54 Å². The molecule has 0 bridgehead atoms. The predicted octanol–water partition coefficient (Wildman–Crippen LogP) is 1.77. The molecule has 2 N–H and O–H groups in total. The molecule has 0 spiro atoms. The van der Waals surface area contributed by atoms with Gasteiger partial charge in [0.15, 0.2) is 0 Å². The Hall–Kier alpha value is -0.740. The van der Waals surface area contributed by atoms with Gasteiger partial charge in [0, 0.05) is 18.0 Å². The third-order valence-corrected chi connectivity index (χ3v) is 3.34. The second-order valence-corrected chi connectivity index (χ2v) is 3.86. The molecule has 1 aromatic rings. The number of nitrogens with zero attached hydrogens (tertiary/aromatic N) is 1. The minimum absolute atomic E-state index is 0.240. The number of amides is 1. The van der Waals surface area contributed by atoms with Crippen LogP contribution in [0.5, 0.6) is 0 Å². The topological polar surface area (TPSA) is 57.8 Å². The molecule has 1 amide bonds. The van der Waals surface area contributed by atoms with Crippen molar-refractivity contribution in [3.05, 3.63) is 18.0 Å². The third kappa shape index (κ3) is 2.86. The van der Waals surface area contributed by atoms with Gasteiger partial charge in [-0.2, -0.15) is 5.10 Å². The predicted molar refractivity (Wildman–Crippen MR) is 60.5 cm³/mol. The van der Waals surface area contributed by atoms with Gasteiger partial charge in [0.1, 0.15) is 5.69 Å². The quantitative estimate of drug-likeness (QED) is 0.782. The van der Waals surface area contributed by atoms with Gasteiger partial charge in [0.05, 0.1) is 5.54 Å². The summed E-state index contributed by atoms with van der Waals surface area (Å²) in [4.78, 5) is 11.7. The highest BCUT2D eigenvalue weighted by atomic mass is 35.5. The molecule has 1 heterocycles. The molecule has 84 valence electrons. The zero-order chi connectivity index (χ0) is 11.3. The van der Waals surface area contributed by atoms with E-state index in [1.165, 1.54) is 6.20 Å². The first-order chi connectivity index (χ1) is 7.17. The zero-order valence-electron chi connectivity index (χ0n) is 8.39.